The number of aliphatic hydroxyl groups excluding tert-OH is 1. The van der Waals surface area contributed by atoms with Crippen LogP contribution in [-0.2, 0) is 11.3 Å². The molecule has 2 aromatic carbocycles. The van der Waals surface area contributed by atoms with E-state index < -0.39 is 0 Å². The van der Waals surface area contributed by atoms with E-state index >= 15 is 0 Å². The molecule has 1 aliphatic rings. The Morgan fingerprint density at radius 2 is 1.97 bits per heavy atom. The van der Waals surface area contributed by atoms with Crippen molar-refractivity contribution in [1.29, 1.82) is 0 Å². The molecule has 1 amide bonds. The van der Waals surface area contributed by atoms with Gasteiger partial charge in [0.2, 0.25) is 0 Å². The summed E-state index contributed by atoms with van der Waals surface area (Å²) in [6.45, 7) is 3.88. The highest BCUT2D eigenvalue weighted by molar-refractivity contribution is 5.80. The van der Waals surface area contributed by atoms with E-state index in [1.54, 1.807) is 0 Å². The standard InChI is InChI=1S/C24H32N4O3/c1-2-25-24(27-15-20(16-29)19-8-4-3-5-9-19)26-14-18-7-6-10-22(13-18)31-17-23(30)28-21-11-12-21/h3-10,13,20-21,29H,2,11-12,14-17H2,1H3,(H,28,30)(H2,25,26,27). The molecule has 0 saturated heterocycles. The maximum atomic E-state index is 11.8. The Balaban J connectivity index is 1.53. The van der Waals surface area contributed by atoms with Crippen LogP contribution in [0.3, 0.4) is 0 Å². The molecule has 1 saturated carbocycles. The molecule has 0 spiro atoms. The molecule has 31 heavy (non-hydrogen) atoms. The lowest BCUT2D eigenvalue weighted by atomic mass is 10.0. The van der Waals surface area contributed by atoms with E-state index in [0.717, 1.165) is 30.5 Å². The number of rotatable bonds is 11. The average molecular weight is 425 g/mol. The first-order valence-electron chi connectivity index (χ1n) is 10.9. The van der Waals surface area contributed by atoms with Crippen LogP contribution >= 0.6 is 0 Å². The molecule has 1 atom stereocenters. The van der Waals surface area contributed by atoms with Gasteiger partial charge >= 0.3 is 0 Å². The summed E-state index contributed by atoms with van der Waals surface area (Å²) in [5, 5.41) is 19.2. The van der Waals surface area contributed by atoms with Crippen molar-refractivity contribution in [1.82, 2.24) is 16.0 Å². The second kappa shape index (κ2) is 12.0. The number of ether oxygens (including phenoxy) is 1. The number of aliphatic imine (C=N–C) groups is 1. The van der Waals surface area contributed by atoms with Gasteiger partial charge in [0.05, 0.1) is 13.2 Å². The van der Waals surface area contributed by atoms with Crippen molar-refractivity contribution in [3.63, 3.8) is 0 Å². The molecule has 0 aliphatic heterocycles. The maximum Gasteiger partial charge on any atom is 0.258 e. The van der Waals surface area contributed by atoms with E-state index in [-0.39, 0.29) is 25.0 Å². The van der Waals surface area contributed by atoms with Crippen molar-refractivity contribution >= 4 is 11.9 Å². The van der Waals surface area contributed by atoms with Crippen LogP contribution in [0.5, 0.6) is 5.75 Å². The van der Waals surface area contributed by atoms with Crippen LogP contribution in [0.1, 0.15) is 36.8 Å². The van der Waals surface area contributed by atoms with E-state index in [9.17, 15) is 9.90 Å². The summed E-state index contributed by atoms with van der Waals surface area (Å²) in [6, 6.07) is 17.9. The molecule has 2 aromatic rings. The average Bonchev–Trinajstić information content (AvgIpc) is 3.61. The molecule has 7 heteroatoms. The Morgan fingerprint density at radius 1 is 1.16 bits per heavy atom. The number of aliphatic hydroxyl groups is 1. The van der Waals surface area contributed by atoms with Crippen molar-refractivity contribution in [2.24, 2.45) is 4.99 Å². The molecule has 7 nitrogen and oxygen atoms in total. The summed E-state index contributed by atoms with van der Waals surface area (Å²) in [5.41, 5.74) is 2.07. The number of nitrogens with zero attached hydrogens (tertiary/aromatic N) is 1. The van der Waals surface area contributed by atoms with Gasteiger partial charge in [-0.3, -0.25) is 4.79 Å². The monoisotopic (exact) mass is 424 g/mol. The van der Waals surface area contributed by atoms with Crippen molar-refractivity contribution in [3.05, 3.63) is 65.7 Å². The fourth-order valence-corrected chi connectivity index (χ4v) is 3.12. The van der Waals surface area contributed by atoms with Crippen LogP contribution in [0.4, 0.5) is 0 Å². The molecule has 0 bridgehead atoms. The molecule has 0 aromatic heterocycles. The van der Waals surface area contributed by atoms with Crippen LogP contribution in [0, 0.1) is 0 Å². The Morgan fingerprint density at radius 3 is 2.68 bits per heavy atom. The zero-order valence-corrected chi connectivity index (χ0v) is 18.0. The van der Waals surface area contributed by atoms with Gasteiger partial charge in [-0.05, 0) is 43.0 Å². The number of carbonyl (C=O) groups is 1. The van der Waals surface area contributed by atoms with Gasteiger partial charge in [0.25, 0.3) is 5.91 Å². The third-order valence-corrected chi connectivity index (χ3v) is 4.98. The summed E-state index contributed by atoms with van der Waals surface area (Å²) in [4.78, 5) is 16.4. The lowest BCUT2D eigenvalue weighted by Crippen LogP contribution is -2.39. The normalized spacial score (nSPS) is 14.6. The summed E-state index contributed by atoms with van der Waals surface area (Å²) in [6.07, 6.45) is 2.12. The van der Waals surface area contributed by atoms with Crippen LogP contribution in [0.2, 0.25) is 0 Å². The van der Waals surface area contributed by atoms with E-state index in [1.165, 1.54) is 0 Å². The van der Waals surface area contributed by atoms with E-state index in [2.05, 4.69) is 20.9 Å². The third kappa shape index (κ3) is 7.94. The summed E-state index contributed by atoms with van der Waals surface area (Å²) in [7, 11) is 0. The van der Waals surface area contributed by atoms with Crippen molar-refractivity contribution in [3.8, 4) is 5.75 Å². The lowest BCUT2D eigenvalue weighted by Gasteiger charge is -2.18. The van der Waals surface area contributed by atoms with E-state index in [0.29, 0.717) is 30.8 Å². The smallest absolute Gasteiger partial charge is 0.258 e. The molecular weight excluding hydrogens is 392 g/mol. The second-order valence-electron chi connectivity index (χ2n) is 7.64. The molecule has 4 N–H and O–H groups in total. The van der Waals surface area contributed by atoms with Crippen LogP contribution in [0.25, 0.3) is 0 Å². The van der Waals surface area contributed by atoms with Gasteiger partial charge in [0.15, 0.2) is 12.6 Å². The minimum absolute atomic E-state index is 0.0106. The largest absolute Gasteiger partial charge is 0.484 e. The predicted octanol–water partition coefficient (Wildman–Crippen LogP) is 2.18. The van der Waals surface area contributed by atoms with Crippen LogP contribution in [-0.4, -0.2) is 49.3 Å². The van der Waals surface area contributed by atoms with Crippen LogP contribution < -0.4 is 20.7 Å². The van der Waals surface area contributed by atoms with Gasteiger partial charge in [0.1, 0.15) is 5.75 Å². The van der Waals surface area contributed by atoms with Gasteiger partial charge in [0, 0.05) is 25.0 Å². The third-order valence-electron chi connectivity index (χ3n) is 4.98. The molecule has 1 aliphatic carbocycles. The molecule has 0 radical (unpaired) electrons. The zero-order chi connectivity index (χ0) is 21.9. The summed E-state index contributed by atoms with van der Waals surface area (Å²) in [5.74, 6) is 1.25. The maximum absolute atomic E-state index is 11.8. The number of benzene rings is 2. The molecule has 3 rings (SSSR count). The van der Waals surface area contributed by atoms with Gasteiger partial charge < -0.3 is 25.8 Å². The highest BCUT2D eigenvalue weighted by Crippen LogP contribution is 2.19. The minimum Gasteiger partial charge on any atom is -0.484 e. The molecule has 166 valence electrons. The second-order valence-corrected chi connectivity index (χ2v) is 7.64. The quantitative estimate of drug-likeness (QED) is 0.328. The van der Waals surface area contributed by atoms with Crippen molar-refractivity contribution in [2.75, 3.05) is 26.3 Å². The number of guanidine groups is 1. The highest BCUT2D eigenvalue weighted by atomic mass is 16.5. The fraction of sp³-hybridized carbons (Fsp3) is 0.417. The Bertz CT molecular complexity index is 853. The first-order chi connectivity index (χ1) is 15.2. The first-order valence-corrected chi connectivity index (χ1v) is 10.9. The number of hydrogen-bond donors (Lipinski definition) is 4. The zero-order valence-electron chi connectivity index (χ0n) is 18.0. The first kappa shape index (κ1) is 22.6. The van der Waals surface area contributed by atoms with E-state index in [4.69, 9.17) is 4.74 Å². The predicted molar refractivity (Wildman–Crippen MR) is 122 cm³/mol. The SMILES string of the molecule is CCNC(=NCc1cccc(OCC(=O)NC2CC2)c1)NCC(CO)c1ccccc1. The number of nitrogens with one attached hydrogen (secondary N) is 3. The molecule has 0 heterocycles. The highest BCUT2D eigenvalue weighted by Gasteiger charge is 2.23. The lowest BCUT2D eigenvalue weighted by molar-refractivity contribution is -0.123. The number of carbonyl (C=O) groups excluding carboxylic acids is 1. The number of amides is 1. The molecule has 1 fully saturated rings. The Kier molecular flexibility index (Phi) is 8.72. The van der Waals surface area contributed by atoms with Crippen molar-refractivity contribution < 1.29 is 14.6 Å². The summed E-state index contributed by atoms with van der Waals surface area (Å²) < 4.78 is 5.61. The van der Waals surface area contributed by atoms with Gasteiger partial charge in [-0.15, -0.1) is 0 Å². The molecular formula is C24H32N4O3. The minimum atomic E-state index is -0.0820. The topological polar surface area (TPSA) is 95.0 Å². The number of hydrogen-bond acceptors (Lipinski definition) is 4. The van der Waals surface area contributed by atoms with E-state index in [1.807, 2.05) is 61.5 Å². The van der Waals surface area contributed by atoms with Crippen molar-refractivity contribution in [2.45, 2.75) is 38.3 Å². The van der Waals surface area contributed by atoms with Gasteiger partial charge in [-0.2, -0.15) is 0 Å². The Labute approximate surface area is 183 Å². The van der Waals surface area contributed by atoms with Gasteiger partial charge in [-0.25, -0.2) is 4.99 Å². The Hall–Kier alpha value is -3.06. The van der Waals surface area contributed by atoms with Gasteiger partial charge in [-0.1, -0.05) is 42.5 Å². The fourth-order valence-electron chi connectivity index (χ4n) is 3.12. The van der Waals surface area contributed by atoms with Crippen LogP contribution in [0.15, 0.2) is 59.6 Å². The molecule has 1 unspecified atom stereocenters. The summed E-state index contributed by atoms with van der Waals surface area (Å²) >= 11 is 0.